The minimum atomic E-state index is -1.29. The number of nitrogens with zero attached hydrogens (tertiary/aromatic N) is 1. The fraction of sp³-hybridized carbons (Fsp3) is 0.259. The molecule has 0 fully saturated rings. The third kappa shape index (κ3) is 5.99. The van der Waals surface area contributed by atoms with Gasteiger partial charge in [-0.1, -0.05) is 17.7 Å². The van der Waals surface area contributed by atoms with Crippen LogP contribution in [-0.4, -0.2) is 41.1 Å². The predicted octanol–water partition coefficient (Wildman–Crippen LogP) is 5.43. The van der Waals surface area contributed by atoms with Crippen LogP contribution < -0.4 is 9.47 Å². The Morgan fingerprint density at radius 3 is 2.41 bits per heavy atom. The highest BCUT2D eigenvalue weighted by atomic mass is 35.5. The van der Waals surface area contributed by atoms with Crippen LogP contribution in [0.25, 0.3) is 0 Å². The average molecular weight is 534 g/mol. The molecule has 0 saturated carbocycles. The van der Waals surface area contributed by atoms with Gasteiger partial charge < -0.3 is 19.5 Å². The van der Waals surface area contributed by atoms with Crippen LogP contribution in [0.4, 0.5) is 13.2 Å². The molecule has 37 heavy (non-hydrogen) atoms. The van der Waals surface area contributed by atoms with Gasteiger partial charge in [0.2, 0.25) is 0 Å². The minimum absolute atomic E-state index is 0.0150. The van der Waals surface area contributed by atoms with Crippen LogP contribution in [0.2, 0.25) is 5.02 Å². The Morgan fingerprint density at radius 1 is 1.08 bits per heavy atom. The number of rotatable bonds is 8. The van der Waals surface area contributed by atoms with Crippen LogP contribution in [0.3, 0.4) is 0 Å². The molecule has 0 aliphatic carbocycles. The fourth-order valence-electron chi connectivity index (χ4n) is 4.52. The molecule has 0 saturated heterocycles. The van der Waals surface area contributed by atoms with Gasteiger partial charge in [-0.25, -0.2) is 13.2 Å². The largest absolute Gasteiger partial charge is 0.493 e. The van der Waals surface area contributed by atoms with E-state index in [0.717, 1.165) is 17.0 Å². The normalized spacial score (nSPS) is 16.2. The standard InChI is InChI=1S/C27H23ClF3NO5/c1-27(11-15-3-4-21(28)22(31)7-15)12-18-8-17(9-23(36-2)25(18)37-27)26(35)32(14-24(33)34)13-16-5-19(29)10-20(30)6-16/h3-10H,11-14H2,1-2H3,(H,33,34). The Balaban J connectivity index is 1.62. The quantitative estimate of drug-likeness (QED) is 0.418. The van der Waals surface area contributed by atoms with Crippen molar-refractivity contribution in [2.75, 3.05) is 13.7 Å². The van der Waals surface area contributed by atoms with Gasteiger partial charge in [0.15, 0.2) is 11.5 Å². The first-order valence-electron chi connectivity index (χ1n) is 11.3. The number of fused-ring (bicyclic) bond motifs is 1. The first-order valence-corrected chi connectivity index (χ1v) is 11.6. The van der Waals surface area contributed by atoms with Crippen molar-refractivity contribution < 1.29 is 37.3 Å². The fourth-order valence-corrected chi connectivity index (χ4v) is 4.63. The molecule has 0 aromatic heterocycles. The predicted molar refractivity (Wildman–Crippen MR) is 130 cm³/mol. The molecule has 6 nitrogen and oxygen atoms in total. The van der Waals surface area contributed by atoms with E-state index in [9.17, 15) is 27.9 Å². The number of aliphatic carboxylic acids is 1. The highest BCUT2D eigenvalue weighted by Crippen LogP contribution is 2.44. The number of hydrogen-bond acceptors (Lipinski definition) is 4. The first kappa shape index (κ1) is 26.3. The summed E-state index contributed by atoms with van der Waals surface area (Å²) in [6.07, 6.45) is 0.705. The lowest BCUT2D eigenvalue weighted by molar-refractivity contribution is -0.137. The van der Waals surface area contributed by atoms with Crippen LogP contribution >= 0.6 is 11.6 Å². The SMILES string of the molecule is COc1cc(C(=O)N(CC(=O)O)Cc2cc(F)cc(F)c2)cc2c1OC(C)(Cc1ccc(Cl)c(F)c1)C2. The molecule has 0 bridgehead atoms. The zero-order valence-electron chi connectivity index (χ0n) is 20.0. The Morgan fingerprint density at radius 2 is 1.78 bits per heavy atom. The summed E-state index contributed by atoms with van der Waals surface area (Å²) in [6.45, 7) is 0.831. The molecule has 1 heterocycles. The van der Waals surface area contributed by atoms with Gasteiger partial charge in [-0.05, 0) is 54.4 Å². The lowest BCUT2D eigenvalue weighted by Crippen LogP contribution is -2.35. The Bertz CT molecular complexity index is 1360. The summed E-state index contributed by atoms with van der Waals surface area (Å²) < 4.78 is 52.9. The molecule has 1 amide bonds. The van der Waals surface area contributed by atoms with Crippen LogP contribution in [-0.2, 0) is 24.2 Å². The van der Waals surface area contributed by atoms with Crippen molar-refractivity contribution in [3.63, 3.8) is 0 Å². The summed E-state index contributed by atoms with van der Waals surface area (Å²) in [4.78, 5) is 25.8. The monoisotopic (exact) mass is 533 g/mol. The van der Waals surface area contributed by atoms with E-state index in [1.54, 1.807) is 12.1 Å². The number of methoxy groups -OCH3 is 1. The van der Waals surface area contributed by atoms with Gasteiger partial charge in [0.05, 0.1) is 12.1 Å². The number of carbonyl (C=O) groups is 2. The Hall–Kier alpha value is -3.72. The molecule has 3 aromatic carbocycles. The number of halogens is 4. The van der Waals surface area contributed by atoms with E-state index in [1.807, 2.05) is 6.92 Å². The van der Waals surface area contributed by atoms with E-state index >= 15 is 0 Å². The number of carbonyl (C=O) groups excluding carboxylic acids is 1. The molecular weight excluding hydrogens is 511 g/mol. The van der Waals surface area contributed by atoms with Gasteiger partial charge in [0.25, 0.3) is 5.91 Å². The molecular formula is C27H23ClF3NO5. The molecule has 1 N–H and O–H groups in total. The van der Waals surface area contributed by atoms with Crippen molar-refractivity contribution >= 4 is 23.5 Å². The third-order valence-corrected chi connectivity index (χ3v) is 6.29. The second-order valence-corrected chi connectivity index (χ2v) is 9.56. The zero-order chi connectivity index (χ0) is 26.9. The molecule has 1 aliphatic heterocycles. The third-order valence-electron chi connectivity index (χ3n) is 5.98. The summed E-state index contributed by atoms with van der Waals surface area (Å²) in [5.41, 5.74) is 0.761. The number of amides is 1. The number of ether oxygens (including phenoxy) is 2. The van der Waals surface area contributed by atoms with E-state index < -0.39 is 41.5 Å². The molecule has 0 spiro atoms. The smallest absolute Gasteiger partial charge is 0.323 e. The first-order chi connectivity index (χ1) is 17.5. The Kier molecular flexibility index (Phi) is 7.36. The highest BCUT2D eigenvalue weighted by molar-refractivity contribution is 6.30. The van der Waals surface area contributed by atoms with Gasteiger partial charge >= 0.3 is 5.97 Å². The lowest BCUT2D eigenvalue weighted by Gasteiger charge is -2.24. The second kappa shape index (κ2) is 10.3. The maximum atomic E-state index is 13.9. The van der Waals surface area contributed by atoms with E-state index in [2.05, 4.69) is 0 Å². The molecule has 4 rings (SSSR count). The van der Waals surface area contributed by atoms with Crippen molar-refractivity contribution in [1.29, 1.82) is 0 Å². The molecule has 3 aromatic rings. The highest BCUT2D eigenvalue weighted by Gasteiger charge is 2.38. The average Bonchev–Trinajstić information content (AvgIpc) is 3.14. The van der Waals surface area contributed by atoms with Crippen molar-refractivity contribution in [2.45, 2.75) is 31.9 Å². The summed E-state index contributed by atoms with van der Waals surface area (Å²) in [7, 11) is 1.40. The number of carboxylic acids is 1. The van der Waals surface area contributed by atoms with E-state index in [-0.39, 0.29) is 28.4 Å². The Labute approximate surface area is 216 Å². The molecule has 0 radical (unpaired) electrons. The summed E-state index contributed by atoms with van der Waals surface area (Å²) in [5, 5.41) is 9.36. The summed E-state index contributed by atoms with van der Waals surface area (Å²) >= 11 is 5.78. The molecule has 194 valence electrons. The minimum Gasteiger partial charge on any atom is -0.493 e. The molecule has 1 atom stereocenters. The van der Waals surface area contributed by atoms with Crippen LogP contribution in [0.1, 0.15) is 34.0 Å². The number of benzene rings is 3. The zero-order valence-corrected chi connectivity index (χ0v) is 20.7. The van der Waals surface area contributed by atoms with Crippen LogP contribution in [0.15, 0.2) is 48.5 Å². The van der Waals surface area contributed by atoms with E-state index in [1.165, 1.54) is 25.3 Å². The van der Waals surface area contributed by atoms with Crippen LogP contribution in [0.5, 0.6) is 11.5 Å². The summed E-state index contributed by atoms with van der Waals surface area (Å²) in [6, 6.07) is 10.3. The summed E-state index contributed by atoms with van der Waals surface area (Å²) in [5.74, 6) is -3.48. The van der Waals surface area contributed by atoms with Gasteiger partial charge in [-0.15, -0.1) is 0 Å². The topological polar surface area (TPSA) is 76.1 Å². The number of hydrogen-bond donors (Lipinski definition) is 1. The van der Waals surface area contributed by atoms with Crippen molar-refractivity contribution in [3.05, 3.63) is 93.3 Å². The van der Waals surface area contributed by atoms with Crippen LogP contribution in [0, 0.1) is 17.5 Å². The second-order valence-electron chi connectivity index (χ2n) is 9.15. The van der Waals surface area contributed by atoms with Crippen molar-refractivity contribution in [3.8, 4) is 11.5 Å². The molecule has 10 heteroatoms. The van der Waals surface area contributed by atoms with E-state index in [4.69, 9.17) is 21.1 Å². The maximum Gasteiger partial charge on any atom is 0.323 e. The van der Waals surface area contributed by atoms with Gasteiger partial charge in [0, 0.05) is 36.6 Å². The van der Waals surface area contributed by atoms with Gasteiger partial charge in [-0.2, -0.15) is 0 Å². The van der Waals surface area contributed by atoms with E-state index in [0.29, 0.717) is 35.8 Å². The van der Waals surface area contributed by atoms with Gasteiger partial charge in [-0.3, -0.25) is 9.59 Å². The van der Waals surface area contributed by atoms with Crippen molar-refractivity contribution in [1.82, 2.24) is 4.90 Å². The number of carboxylic acid groups (broad SMARTS) is 1. The lowest BCUT2D eigenvalue weighted by atomic mass is 9.91. The maximum absolute atomic E-state index is 13.9. The molecule has 1 unspecified atom stereocenters. The molecule has 1 aliphatic rings. The van der Waals surface area contributed by atoms with Gasteiger partial charge in [0.1, 0.15) is 29.6 Å². The van der Waals surface area contributed by atoms with Crippen molar-refractivity contribution in [2.24, 2.45) is 0 Å².